The predicted octanol–water partition coefficient (Wildman–Crippen LogP) is 18.5. The lowest BCUT2D eigenvalue weighted by atomic mass is 10.1. The van der Waals surface area contributed by atoms with E-state index in [4.69, 9.17) is 66.2 Å². The van der Waals surface area contributed by atoms with Crippen LogP contribution in [0.1, 0.15) is 158 Å². The van der Waals surface area contributed by atoms with E-state index in [1.54, 1.807) is 0 Å². The van der Waals surface area contributed by atoms with Crippen LogP contribution in [0, 0.1) is 0 Å². The summed E-state index contributed by atoms with van der Waals surface area (Å²) in [6.07, 6.45) is 2.48. The normalized spacial score (nSPS) is 12.4. The molecule has 13 aromatic rings. The molecule has 0 radical (unpaired) electrons. The van der Waals surface area contributed by atoms with E-state index in [1.807, 2.05) is 280 Å². The van der Waals surface area contributed by atoms with Gasteiger partial charge < -0.3 is 0 Å². The first-order valence-corrected chi connectivity index (χ1v) is 53.3. The highest BCUT2D eigenvalue weighted by Crippen LogP contribution is 2.26. The SMILES string of the molecule is CC(C)(C)OO[Si](OOC(C)(C)C)(c1ccccc1)c1ccccc1.CC(C)(C)OO[Si](c1ccccc1)(c1ccccc1)c1ccccc1.CC(C)OO[Si](c1ccccc1)(c1ccccc1)c1ccccc1.CCC(C)(C)OO[Si](OOC(C)(C)CC)(c1ccccc1)c1ccccc1.CCC(C)(C)OO[Si](c1ccccc1)(c1ccccc1)c1ccccc1. The van der Waals surface area contributed by atoms with Gasteiger partial charge in [-0.1, -0.05) is 415 Å². The Hall–Kier alpha value is -9.62. The van der Waals surface area contributed by atoms with Crippen molar-refractivity contribution in [3.63, 3.8) is 0 Å². The number of hydrogen-bond donors (Lipinski definition) is 0. The molecule has 668 valence electrons. The zero-order valence-corrected chi connectivity index (χ0v) is 82.9. The molecule has 0 N–H and O–H groups in total. The average molecular weight is 1790 g/mol. The van der Waals surface area contributed by atoms with Gasteiger partial charge in [0.1, 0.15) is 0 Å². The Morgan fingerprint density at radius 2 is 0.315 bits per heavy atom. The molecular weight excluding hydrogens is 1660 g/mol. The van der Waals surface area contributed by atoms with Crippen molar-refractivity contribution in [3.05, 3.63) is 394 Å². The van der Waals surface area contributed by atoms with Crippen molar-refractivity contribution in [1.82, 2.24) is 0 Å². The summed E-state index contributed by atoms with van der Waals surface area (Å²) in [5, 5.41) is 14.2. The summed E-state index contributed by atoms with van der Waals surface area (Å²) in [6.45, 7) is 40.0. The molecule has 13 rings (SSSR count). The van der Waals surface area contributed by atoms with E-state index in [1.165, 1.54) is 31.1 Å². The summed E-state index contributed by atoms with van der Waals surface area (Å²) >= 11 is 0. The maximum Gasteiger partial charge on any atom is 0.470 e. The zero-order valence-electron chi connectivity index (χ0n) is 77.9. The average Bonchev–Trinajstić information content (AvgIpc) is 0.777. The van der Waals surface area contributed by atoms with E-state index in [2.05, 4.69) is 253 Å². The molecule has 0 aliphatic rings. The minimum Gasteiger partial charge on any atom is -0.269 e. The molecule has 127 heavy (non-hydrogen) atoms. The lowest BCUT2D eigenvalue weighted by Gasteiger charge is -2.35. The maximum atomic E-state index is 6.48. The van der Waals surface area contributed by atoms with Crippen LogP contribution in [0.3, 0.4) is 0 Å². The maximum absolute atomic E-state index is 6.48. The summed E-state index contributed by atoms with van der Waals surface area (Å²) in [6, 6.07) is 133. The third-order valence-electron chi connectivity index (χ3n) is 20.6. The highest BCUT2D eigenvalue weighted by Gasteiger charge is 2.52. The van der Waals surface area contributed by atoms with Crippen LogP contribution in [0.25, 0.3) is 0 Å². The van der Waals surface area contributed by atoms with Crippen molar-refractivity contribution in [2.75, 3.05) is 0 Å². The Kier molecular flexibility index (Phi) is 37.9. The lowest BCUT2D eigenvalue weighted by Crippen LogP contribution is -2.69. The fraction of sp³-hybridized carbons (Fsp3) is 0.278. The molecule has 14 nitrogen and oxygen atoms in total. The fourth-order valence-electron chi connectivity index (χ4n) is 12.8. The van der Waals surface area contributed by atoms with E-state index < -0.39 is 70.1 Å². The Balaban J connectivity index is 0.000000179. The Labute approximate surface area is 762 Å². The minimum atomic E-state index is -3.24. The molecule has 0 bridgehead atoms. The number of hydrogen-bond acceptors (Lipinski definition) is 14. The quantitative estimate of drug-likeness (QED) is 0.0164. The topological polar surface area (TPSA) is 129 Å². The van der Waals surface area contributed by atoms with Crippen molar-refractivity contribution in [2.45, 2.75) is 197 Å². The highest BCUT2D eigenvalue weighted by molar-refractivity contribution is 7.08. The van der Waals surface area contributed by atoms with Crippen molar-refractivity contribution < 1.29 is 66.2 Å². The van der Waals surface area contributed by atoms with Gasteiger partial charge in [0.05, 0.1) is 39.7 Å². The first kappa shape index (κ1) is 101. The third kappa shape index (κ3) is 28.9. The summed E-state index contributed by atoms with van der Waals surface area (Å²) < 4.78 is 43.6. The fourth-order valence-corrected chi connectivity index (χ4v) is 29.1. The van der Waals surface area contributed by atoms with Gasteiger partial charge in [0.15, 0.2) is 0 Å². The van der Waals surface area contributed by atoms with Gasteiger partial charge >= 0.3 is 42.1 Å². The second-order valence-electron chi connectivity index (χ2n) is 35.9. The minimum absolute atomic E-state index is 0.00647. The highest BCUT2D eigenvalue weighted by atomic mass is 28.4. The van der Waals surface area contributed by atoms with Crippen LogP contribution in [0.5, 0.6) is 0 Å². The third-order valence-corrected chi connectivity index (χ3v) is 37.5. The Morgan fingerprint density at radius 3 is 0.472 bits per heavy atom. The second-order valence-corrected chi connectivity index (χ2v) is 51.2. The molecule has 0 spiro atoms. The summed E-state index contributed by atoms with van der Waals surface area (Å²) in [5.74, 6) is 0. The molecule has 0 atom stereocenters. The van der Waals surface area contributed by atoms with E-state index in [0.717, 1.165) is 55.6 Å². The van der Waals surface area contributed by atoms with Gasteiger partial charge in [0.2, 0.25) is 0 Å². The molecule has 19 heteroatoms. The van der Waals surface area contributed by atoms with Crippen molar-refractivity contribution >= 4 is 110 Å². The molecule has 0 amide bonds. The van der Waals surface area contributed by atoms with Gasteiger partial charge in [0.25, 0.3) is 0 Å². The van der Waals surface area contributed by atoms with Gasteiger partial charge in [-0.2, -0.15) is 0 Å². The van der Waals surface area contributed by atoms with E-state index in [0.29, 0.717) is 0 Å². The summed E-state index contributed by atoms with van der Waals surface area (Å²) in [7, 11) is -14.7. The molecule has 0 aliphatic carbocycles. The summed E-state index contributed by atoms with van der Waals surface area (Å²) in [4.78, 5) is 41.0. The first-order chi connectivity index (χ1) is 60.7. The van der Waals surface area contributed by atoms with Gasteiger partial charge in [-0.05, 0) is 184 Å². The summed E-state index contributed by atoms with van der Waals surface area (Å²) in [5.41, 5.74) is -2.58. The van der Waals surface area contributed by atoms with Crippen LogP contribution in [0.4, 0.5) is 0 Å². The van der Waals surface area contributed by atoms with Crippen LogP contribution in [-0.2, 0) is 66.2 Å². The predicted molar refractivity (Wildman–Crippen MR) is 530 cm³/mol. The second kappa shape index (κ2) is 47.6. The van der Waals surface area contributed by atoms with E-state index in [-0.39, 0.29) is 11.7 Å². The van der Waals surface area contributed by atoms with Gasteiger partial charge in [0, 0.05) is 20.7 Å². The van der Waals surface area contributed by atoms with Gasteiger partial charge in [-0.25, -0.2) is 52.5 Å². The van der Waals surface area contributed by atoms with Crippen LogP contribution in [-0.4, -0.2) is 81.8 Å². The molecule has 0 aromatic heterocycles. The van der Waals surface area contributed by atoms with Crippen LogP contribution in [0.15, 0.2) is 394 Å². The van der Waals surface area contributed by atoms with Gasteiger partial charge in [-0.3, -0.25) is 13.7 Å². The molecule has 0 aliphatic heterocycles. The van der Waals surface area contributed by atoms with Crippen molar-refractivity contribution in [3.8, 4) is 0 Å². The van der Waals surface area contributed by atoms with Gasteiger partial charge in [-0.15, -0.1) is 0 Å². The molecule has 0 heterocycles. The van der Waals surface area contributed by atoms with E-state index >= 15 is 0 Å². The van der Waals surface area contributed by atoms with Crippen LogP contribution in [0.2, 0.25) is 0 Å². The van der Waals surface area contributed by atoms with Crippen molar-refractivity contribution in [1.29, 1.82) is 0 Å². The Morgan fingerprint density at radius 1 is 0.181 bits per heavy atom. The molecule has 13 aromatic carbocycles. The van der Waals surface area contributed by atoms with Crippen LogP contribution >= 0.6 is 0 Å². The Bertz CT molecular complexity index is 4770. The molecular formula is C108H132O14Si5. The standard InChI is InChI=1S/C23H26O2Si.C22H32O4Si.C22H24O2Si.C21H22O2Si.C20H28O4Si/c1-4-23(2,3)24-25-26(20-14-8-5-9-15-20,21-16-10-6-11-17-21)22-18-12-7-13-19-22;1-7-21(3,4)23-25-27(19-15-11-9-12-16-19,20-17-13-10-14-18-20)26-24-22(5,6)8-2;1-22(2,3)23-24-25(19-13-7-4-8-14-19,20-15-9-5-10-16-20)21-17-11-6-12-18-21;1-18(2)22-23-24(19-12-6-3-7-13-19,20-14-8-4-9-15-20)21-16-10-5-11-17-21;1-19(2,3)21-23-25(24-22-20(4,5)6,17-13-9-7-10-14-17)18-15-11-8-12-16-18/h5-19H,4H2,1-3H3;9-18H,7-8H2,1-6H3;4-18H,1-3H3;3-18H,1-2H3;7-16H,1-6H3. The van der Waals surface area contributed by atoms with Crippen LogP contribution < -0.4 is 67.4 Å². The number of benzene rings is 13. The van der Waals surface area contributed by atoms with Crippen molar-refractivity contribution in [2.24, 2.45) is 0 Å². The smallest absolute Gasteiger partial charge is 0.269 e. The molecule has 0 fully saturated rings. The van der Waals surface area contributed by atoms with E-state index in [9.17, 15) is 0 Å². The zero-order chi connectivity index (χ0) is 91.6. The number of rotatable bonds is 34. The molecule has 0 saturated heterocycles. The lowest BCUT2D eigenvalue weighted by molar-refractivity contribution is -0.348. The molecule has 0 unspecified atom stereocenters. The molecule has 0 saturated carbocycles. The first-order valence-electron chi connectivity index (χ1n) is 44.0. The monoisotopic (exact) mass is 1790 g/mol. The largest absolute Gasteiger partial charge is 0.470 e.